The van der Waals surface area contributed by atoms with Gasteiger partial charge < -0.3 is 9.47 Å². The van der Waals surface area contributed by atoms with Gasteiger partial charge >= 0.3 is 0 Å². The van der Waals surface area contributed by atoms with Gasteiger partial charge in [-0.3, -0.25) is 0 Å². The highest BCUT2D eigenvalue weighted by Gasteiger charge is 2.26. The molecule has 0 spiro atoms. The fraction of sp³-hybridized carbons (Fsp3) is 0.600. The molecule has 2 atom stereocenters. The van der Waals surface area contributed by atoms with Crippen LogP contribution in [-0.2, 0) is 0 Å². The van der Waals surface area contributed by atoms with E-state index in [1.54, 1.807) is 0 Å². The van der Waals surface area contributed by atoms with E-state index in [1.807, 2.05) is 19.2 Å². The van der Waals surface area contributed by atoms with Gasteiger partial charge in [0.05, 0.1) is 5.38 Å². The van der Waals surface area contributed by atoms with Gasteiger partial charge in [-0.1, -0.05) is 6.92 Å². The zero-order chi connectivity index (χ0) is 15.0. The maximum Gasteiger partial charge on any atom is 0.160 e. The van der Waals surface area contributed by atoms with E-state index < -0.39 is 0 Å². The summed E-state index contributed by atoms with van der Waals surface area (Å²) in [5.41, 5.74) is 1.86. The third-order valence-electron chi connectivity index (χ3n) is 4.17. The maximum absolute atomic E-state index is 6.37. The van der Waals surface area contributed by atoms with E-state index in [4.69, 9.17) is 16.6 Å². The third-order valence-corrected chi connectivity index (χ3v) is 4.80. The fourth-order valence-electron chi connectivity index (χ4n) is 3.14. The summed E-state index contributed by atoms with van der Waals surface area (Å²) in [6.45, 7) is 7.53. The van der Waals surface area contributed by atoms with Crippen LogP contribution in [0.3, 0.4) is 0 Å². The monoisotopic (exact) mass is 370 g/mol. The number of halogens is 2. The van der Waals surface area contributed by atoms with Crippen LogP contribution in [0.15, 0.2) is 16.7 Å². The molecule has 2 aromatic rings. The summed E-state index contributed by atoms with van der Waals surface area (Å²) in [5, 5.41) is -0.116. The quantitative estimate of drug-likeness (QED) is 0.760. The number of fused-ring (bicyclic) bond motifs is 1. The summed E-state index contributed by atoms with van der Waals surface area (Å²) in [5.74, 6) is 0.931. The van der Waals surface area contributed by atoms with E-state index in [0.29, 0.717) is 6.04 Å². The van der Waals surface area contributed by atoms with Crippen molar-refractivity contribution in [3.63, 3.8) is 0 Å². The average Bonchev–Trinajstić information content (AvgIpc) is 2.86. The second-order valence-corrected chi connectivity index (χ2v) is 7.21. The predicted octanol–water partition coefficient (Wildman–Crippen LogP) is 4.15. The molecule has 3 rings (SSSR count). The van der Waals surface area contributed by atoms with Gasteiger partial charge in [0.15, 0.2) is 5.65 Å². The van der Waals surface area contributed by atoms with Crippen molar-refractivity contribution >= 4 is 38.7 Å². The van der Waals surface area contributed by atoms with Crippen LogP contribution in [0.2, 0.25) is 0 Å². The molecule has 2 unspecified atom stereocenters. The molecule has 1 saturated heterocycles. The summed E-state index contributed by atoms with van der Waals surface area (Å²) in [7, 11) is 0. The van der Waals surface area contributed by atoms with E-state index in [-0.39, 0.29) is 5.38 Å². The summed E-state index contributed by atoms with van der Waals surface area (Å²) in [6.07, 6.45) is 4.21. The summed E-state index contributed by atoms with van der Waals surface area (Å²) < 4.78 is 3.22. The molecule has 0 radical (unpaired) electrons. The van der Waals surface area contributed by atoms with E-state index in [1.165, 1.54) is 13.0 Å². The van der Waals surface area contributed by atoms with Crippen LogP contribution < -0.4 is 0 Å². The van der Waals surface area contributed by atoms with Gasteiger partial charge in [-0.25, -0.2) is 9.97 Å². The number of piperidine rings is 1. The molecule has 3 heterocycles. The van der Waals surface area contributed by atoms with E-state index in [2.05, 4.69) is 37.3 Å². The van der Waals surface area contributed by atoms with Crippen molar-refractivity contribution in [2.75, 3.05) is 19.6 Å². The van der Waals surface area contributed by atoms with Crippen LogP contribution in [-0.4, -0.2) is 39.1 Å². The zero-order valence-corrected chi connectivity index (χ0v) is 14.7. The molecule has 0 saturated carbocycles. The minimum atomic E-state index is -0.116. The Bertz CT molecular complexity index is 640. The second kappa shape index (κ2) is 6.23. The van der Waals surface area contributed by atoms with E-state index in [9.17, 15) is 0 Å². The highest BCUT2D eigenvalue weighted by atomic mass is 79.9. The highest BCUT2D eigenvalue weighted by molar-refractivity contribution is 9.10. The second-order valence-electron chi connectivity index (χ2n) is 5.64. The van der Waals surface area contributed by atoms with E-state index in [0.717, 1.165) is 41.0 Å². The SMILES string of the molecule is CCN1CCCC(n2c(C(C)Cl)nc3cc(Br)cnc32)C1. The molecule has 0 N–H and O–H groups in total. The maximum atomic E-state index is 6.37. The Hall–Kier alpha value is -0.650. The third kappa shape index (κ3) is 2.96. The zero-order valence-electron chi connectivity index (χ0n) is 12.4. The van der Waals surface area contributed by atoms with Gasteiger partial charge in [0.2, 0.25) is 0 Å². The van der Waals surface area contributed by atoms with Crippen LogP contribution >= 0.6 is 27.5 Å². The number of likely N-dealkylation sites (N-methyl/N-ethyl adjacent to an activating group) is 1. The molecule has 1 aliphatic heterocycles. The first-order valence-corrected chi connectivity index (χ1v) is 8.73. The Kier molecular flexibility index (Phi) is 4.52. The molecule has 0 amide bonds. The number of aromatic nitrogens is 3. The van der Waals surface area contributed by atoms with Crippen molar-refractivity contribution in [3.05, 3.63) is 22.6 Å². The number of hydrogen-bond donors (Lipinski definition) is 0. The molecule has 114 valence electrons. The Balaban J connectivity index is 2.08. The molecule has 0 bridgehead atoms. The average molecular weight is 372 g/mol. The number of alkyl halides is 1. The van der Waals surface area contributed by atoms with Crippen LogP contribution in [0.25, 0.3) is 11.2 Å². The summed E-state index contributed by atoms with van der Waals surface area (Å²) in [4.78, 5) is 11.8. The van der Waals surface area contributed by atoms with Crippen LogP contribution in [0.1, 0.15) is 43.9 Å². The van der Waals surface area contributed by atoms with Crippen molar-refractivity contribution in [1.82, 2.24) is 19.4 Å². The predicted molar refractivity (Wildman–Crippen MR) is 89.9 cm³/mol. The molecule has 4 nitrogen and oxygen atoms in total. The highest BCUT2D eigenvalue weighted by Crippen LogP contribution is 2.32. The molecule has 1 fully saturated rings. The first-order valence-electron chi connectivity index (χ1n) is 7.50. The summed E-state index contributed by atoms with van der Waals surface area (Å²) in [6, 6.07) is 2.43. The van der Waals surface area contributed by atoms with Gasteiger partial charge in [0.25, 0.3) is 0 Å². The largest absolute Gasteiger partial charge is 0.307 e. The first kappa shape index (κ1) is 15.3. The molecule has 1 aliphatic rings. The topological polar surface area (TPSA) is 34.0 Å². The molecule has 0 aromatic carbocycles. The lowest BCUT2D eigenvalue weighted by Gasteiger charge is -2.33. The minimum Gasteiger partial charge on any atom is -0.307 e. The molecule has 21 heavy (non-hydrogen) atoms. The Morgan fingerprint density at radius 3 is 3.05 bits per heavy atom. The minimum absolute atomic E-state index is 0.116. The number of imidazole rings is 1. The lowest BCUT2D eigenvalue weighted by atomic mass is 10.1. The number of pyridine rings is 1. The first-order chi connectivity index (χ1) is 10.1. The molecular formula is C15H20BrClN4. The van der Waals surface area contributed by atoms with Crippen molar-refractivity contribution in [3.8, 4) is 0 Å². The molecule has 6 heteroatoms. The fourth-order valence-corrected chi connectivity index (χ4v) is 3.62. The Morgan fingerprint density at radius 1 is 1.52 bits per heavy atom. The van der Waals surface area contributed by atoms with Crippen LogP contribution in [0.5, 0.6) is 0 Å². The van der Waals surface area contributed by atoms with Crippen molar-refractivity contribution in [2.24, 2.45) is 0 Å². The van der Waals surface area contributed by atoms with Crippen molar-refractivity contribution in [1.29, 1.82) is 0 Å². The van der Waals surface area contributed by atoms with Crippen LogP contribution in [0.4, 0.5) is 0 Å². The smallest absolute Gasteiger partial charge is 0.160 e. The lowest BCUT2D eigenvalue weighted by molar-refractivity contribution is 0.185. The van der Waals surface area contributed by atoms with Crippen molar-refractivity contribution < 1.29 is 0 Å². The van der Waals surface area contributed by atoms with Crippen LogP contribution in [0, 0.1) is 0 Å². The number of likely N-dealkylation sites (tertiary alicyclic amines) is 1. The van der Waals surface area contributed by atoms with Gasteiger partial charge in [-0.05, 0) is 54.9 Å². The molecular weight excluding hydrogens is 352 g/mol. The Morgan fingerprint density at radius 2 is 2.33 bits per heavy atom. The number of hydrogen-bond acceptors (Lipinski definition) is 3. The van der Waals surface area contributed by atoms with Crippen molar-refractivity contribution in [2.45, 2.75) is 38.1 Å². The molecule has 2 aromatic heterocycles. The normalized spacial score (nSPS) is 21.8. The van der Waals surface area contributed by atoms with Gasteiger partial charge in [0, 0.05) is 23.3 Å². The number of rotatable bonds is 3. The lowest BCUT2D eigenvalue weighted by Crippen LogP contribution is -2.36. The standard InChI is InChI=1S/C15H20BrClN4/c1-3-20-6-4-5-12(9-20)21-14(10(2)17)19-13-7-11(16)8-18-15(13)21/h7-8,10,12H,3-6,9H2,1-2H3. The van der Waals surface area contributed by atoms with Gasteiger partial charge in [0.1, 0.15) is 11.3 Å². The van der Waals surface area contributed by atoms with Gasteiger partial charge in [-0.15, -0.1) is 11.6 Å². The molecule has 0 aliphatic carbocycles. The Labute approximate surface area is 138 Å². The number of nitrogens with zero attached hydrogens (tertiary/aromatic N) is 4. The summed E-state index contributed by atoms with van der Waals surface area (Å²) >= 11 is 9.84. The van der Waals surface area contributed by atoms with Gasteiger partial charge in [-0.2, -0.15) is 0 Å². The van der Waals surface area contributed by atoms with E-state index >= 15 is 0 Å².